The molecule has 0 atom stereocenters. The molecule has 0 aromatic carbocycles. The van der Waals surface area contributed by atoms with E-state index in [0.717, 1.165) is 6.26 Å². The van der Waals surface area contributed by atoms with Crippen molar-refractivity contribution in [3.63, 3.8) is 0 Å². The molecule has 0 aliphatic rings. The van der Waals surface area contributed by atoms with E-state index >= 15 is 0 Å². The third-order valence-corrected chi connectivity index (χ3v) is 1.66. The molecule has 12 heavy (non-hydrogen) atoms. The zero-order chi connectivity index (χ0) is 9.61. The van der Waals surface area contributed by atoms with Gasteiger partial charge in [0.15, 0.2) is 0 Å². The minimum atomic E-state index is -3.15. The number of primary amides is 1. The van der Waals surface area contributed by atoms with Crippen LogP contribution in [0.4, 0.5) is 4.79 Å². The highest BCUT2D eigenvalue weighted by molar-refractivity contribution is 7.88. The lowest BCUT2D eigenvalue weighted by Crippen LogP contribution is -2.24. The number of nitrogens with two attached hydrogens (primary N) is 1. The van der Waals surface area contributed by atoms with Crippen molar-refractivity contribution in [1.82, 2.24) is 4.72 Å². The summed E-state index contributed by atoms with van der Waals surface area (Å²) >= 11 is 0. The molecule has 7 heteroatoms. The van der Waals surface area contributed by atoms with Gasteiger partial charge in [-0.25, -0.2) is 17.9 Å². The smallest absolute Gasteiger partial charge is 0.404 e. The summed E-state index contributed by atoms with van der Waals surface area (Å²) < 4.78 is 27.6. The first-order valence-corrected chi connectivity index (χ1v) is 5.18. The Bertz CT molecular complexity index is 236. The van der Waals surface area contributed by atoms with Gasteiger partial charge in [-0.2, -0.15) is 0 Å². The predicted octanol–water partition coefficient (Wildman–Crippen LogP) is -0.979. The number of amides is 1. The summed E-state index contributed by atoms with van der Waals surface area (Å²) in [6.45, 7) is 0.365. The summed E-state index contributed by atoms with van der Waals surface area (Å²) in [5.41, 5.74) is 4.66. The second-order valence-electron chi connectivity index (χ2n) is 2.19. The summed E-state index contributed by atoms with van der Waals surface area (Å²) in [5, 5.41) is 0. The van der Waals surface area contributed by atoms with Gasteiger partial charge in [0.2, 0.25) is 10.0 Å². The molecule has 0 aliphatic heterocycles. The van der Waals surface area contributed by atoms with Crippen LogP contribution in [0, 0.1) is 0 Å². The van der Waals surface area contributed by atoms with Crippen LogP contribution in [0.25, 0.3) is 0 Å². The second-order valence-corrected chi connectivity index (χ2v) is 4.02. The Hall–Kier alpha value is -0.820. The molecule has 72 valence electrons. The average Bonchev–Trinajstić information content (AvgIpc) is 1.83. The minimum Gasteiger partial charge on any atom is -0.450 e. The van der Waals surface area contributed by atoms with Crippen molar-refractivity contribution in [2.24, 2.45) is 5.73 Å². The average molecular weight is 196 g/mol. The molecule has 6 nitrogen and oxygen atoms in total. The van der Waals surface area contributed by atoms with Crippen LogP contribution in [0.1, 0.15) is 6.42 Å². The number of carbonyl (C=O) groups is 1. The fourth-order valence-corrected chi connectivity index (χ4v) is 1.02. The van der Waals surface area contributed by atoms with E-state index in [1.54, 1.807) is 0 Å². The summed E-state index contributed by atoms with van der Waals surface area (Å²) in [7, 11) is -3.15. The molecule has 0 fully saturated rings. The Morgan fingerprint density at radius 2 is 2.17 bits per heavy atom. The normalized spacial score (nSPS) is 11.1. The number of carbonyl (C=O) groups excluding carboxylic acids is 1. The molecule has 0 unspecified atom stereocenters. The van der Waals surface area contributed by atoms with Crippen LogP contribution < -0.4 is 10.5 Å². The van der Waals surface area contributed by atoms with Crippen LogP contribution in [-0.2, 0) is 14.8 Å². The number of hydrogen-bond acceptors (Lipinski definition) is 4. The van der Waals surface area contributed by atoms with Gasteiger partial charge in [-0.3, -0.25) is 0 Å². The Morgan fingerprint density at radius 1 is 1.58 bits per heavy atom. The molecule has 1 amide bonds. The zero-order valence-electron chi connectivity index (χ0n) is 6.74. The van der Waals surface area contributed by atoms with E-state index in [1.165, 1.54) is 0 Å². The predicted molar refractivity (Wildman–Crippen MR) is 43.0 cm³/mol. The van der Waals surface area contributed by atoms with Gasteiger partial charge in [-0.15, -0.1) is 0 Å². The van der Waals surface area contributed by atoms with Crippen molar-refractivity contribution in [3.05, 3.63) is 0 Å². The summed E-state index contributed by atoms with van der Waals surface area (Å²) in [6, 6.07) is 0. The highest BCUT2D eigenvalue weighted by Gasteiger charge is 1.99. The molecule has 0 aromatic rings. The Balaban J connectivity index is 3.29. The SMILES string of the molecule is CS(=O)(=O)NCCCOC(N)=O. The van der Waals surface area contributed by atoms with E-state index in [0.29, 0.717) is 6.42 Å². The van der Waals surface area contributed by atoms with Crippen LogP contribution in [0.3, 0.4) is 0 Å². The minimum absolute atomic E-state index is 0.123. The number of nitrogens with one attached hydrogen (secondary N) is 1. The molecule has 0 aliphatic carbocycles. The first-order valence-electron chi connectivity index (χ1n) is 3.28. The highest BCUT2D eigenvalue weighted by atomic mass is 32.2. The van der Waals surface area contributed by atoms with Gasteiger partial charge in [0.25, 0.3) is 0 Å². The number of hydrogen-bond donors (Lipinski definition) is 2. The van der Waals surface area contributed by atoms with Crippen molar-refractivity contribution in [3.8, 4) is 0 Å². The van der Waals surface area contributed by atoms with Crippen molar-refractivity contribution < 1.29 is 17.9 Å². The maximum Gasteiger partial charge on any atom is 0.404 e. The molecule has 0 bridgehead atoms. The summed E-state index contributed by atoms with van der Waals surface area (Å²) in [5.74, 6) is 0. The van der Waals surface area contributed by atoms with Crippen molar-refractivity contribution in [1.29, 1.82) is 0 Å². The lowest BCUT2D eigenvalue weighted by molar-refractivity contribution is 0.156. The molecule has 0 spiro atoms. The quantitative estimate of drug-likeness (QED) is 0.552. The van der Waals surface area contributed by atoms with E-state index in [1.807, 2.05) is 0 Å². The maximum absolute atomic E-state index is 10.5. The Morgan fingerprint density at radius 3 is 2.58 bits per heavy atom. The van der Waals surface area contributed by atoms with Crippen molar-refractivity contribution in [2.75, 3.05) is 19.4 Å². The third kappa shape index (κ3) is 9.18. The van der Waals surface area contributed by atoms with Crippen LogP contribution in [0.15, 0.2) is 0 Å². The largest absolute Gasteiger partial charge is 0.450 e. The molecule has 0 heterocycles. The lowest BCUT2D eigenvalue weighted by atomic mass is 10.5. The molecule has 0 saturated carbocycles. The number of sulfonamides is 1. The van der Waals surface area contributed by atoms with E-state index in [-0.39, 0.29) is 13.2 Å². The van der Waals surface area contributed by atoms with Gasteiger partial charge in [0, 0.05) is 6.54 Å². The lowest BCUT2D eigenvalue weighted by Gasteiger charge is -2.01. The van der Waals surface area contributed by atoms with Gasteiger partial charge < -0.3 is 10.5 Å². The zero-order valence-corrected chi connectivity index (χ0v) is 7.56. The Kier molecular flexibility index (Phi) is 4.60. The first kappa shape index (κ1) is 11.2. The van der Waals surface area contributed by atoms with Crippen LogP contribution in [0.2, 0.25) is 0 Å². The molecule has 0 rings (SSSR count). The topological polar surface area (TPSA) is 98.5 Å². The highest BCUT2D eigenvalue weighted by Crippen LogP contribution is 1.82. The third-order valence-electron chi connectivity index (χ3n) is 0.930. The molecule has 3 N–H and O–H groups in total. The maximum atomic E-state index is 10.5. The fourth-order valence-electron chi connectivity index (χ4n) is 0.502. The van der Waals surface area contributed by atoms with Gasteiger partial charge in [0.1, 0.15) is 0 Å². The van der Waals surface area contributed by atoms with Crippen LogP contribution in [0.5, 0.6) is 0 Å². The first-order chi connectivity index (χ1) is 5.42. The number of rotatable bonds is 5. The molecule has 0 saturated heterocycles. The molecule has 0 radical (unpaired) electrons. The molecular weight excluding hydrogens is 184 g/mol. The second kappa shape index (κ2) is 4.94. The van der Waals surface area contributed by atoms with Gasteiger partial charge in [0.05, 0.1) is 12.9 Å². The van der Waals surface area contributed by atoms with Gasteiger partial charge in [-0.1, -0.05) is 0 Å². The Labute approximate surface area is 71.1 Å². The summed E-state index contributed by atoms with van der Waals surface area (Å²) in [6.07, 6.45) is 0.618. The van der Waals surface area contributed by atoms with E-state index in [4.69, 9.17) is 0 Å². The van der Waals surface area contributed by atoms with Crippen LogP contribution in [-0.4, -0.2) is 33.9 Å². The molecular formula is C5H12N2O4S. The van der Waals surface area contributed by atoms with Crippen molar-refractivity contribution in [2.45, 2.75) is 6.42 Å². The summed E-state index contributed by atoms with van der Waals surface area (Å²) in [4.78, 5) is 10.0. The van der Waals surface area contributed by atoms with Gasteiger partial charge >= 0.3 is 6.09 Å². The molecule has 0 aromatic heterocycles. The monoisotopic (exact) mass is 196 g/mol. The van der Waals surface area contributed by atoms with E-state index < -0.39 is 16.1 Å². The van der Waals surface area contributed by atoms with Crippen molar-refractivity contribution >= 4 is 16.1 Å². The van der Waals surface area contributed by atoms with Crippen LogP contribution >= 0.6 is 0 Å². The van der Waals surface area contributed by atoms with Gasteiger partial charge in [-0.05, 0) is 6.42 Å². The number of ether oxygens (including phenoxy) is 1. The van der Waals surface area contributed by atoms with E-state index in [2.05, 4.69) is 15.2 Å². The fraction of sp³-hybridized carbons (Fsp3) is 0.800. The van der Waals surface area contributed by atoms with E-state index in [9.17, 15) is 13.2 Å². The standard InChI is InChI=1S/C5H12N2O4S/c1-12(9,10)7-3-2-4-11-5(6)8/h7H,2-4H2,1H3,(H2,6,8).